The highest BCUT2D eigenvalue weighted by atomic mass is 16.5. The first kappa shape index (κ1) is 21.4. The van der Waals surface area contributed by atoms with E-state index in [4.69, 9.17) is 9.15 Å². The molecule has 3 heterocycles. The van der Waals surface area contributed by atoms with Crippen LogP contribution in [0, 0.1) is 0 Å². The molecule has 0 spiro atoms. The lowest BCUT2D eigenvalue weighted by atomic mass is 10.2. The number of urea groups is 1. The number of carbonyl (C=O) groups is 2. The van der Waals surface area contributed by atoms with Crippen LogP contribution in [0.1, 0.15) is 22.5 Å². The first-order chi connectivity index (χ1) is 15.2. The minimum atomic E-state index is -0.0537. The Hall–Kier alpha value is -2.84. The highest BCUT2D eigenvalue weighted by Gasteiger charge is 2.28. The molecule has 4 rings (SSSR count). The number of nitrogens with one attached hydrogen (secondary N) is 1. The molecule has 2 aromatic rings. The number of hydrogen-bond acceptors (Lipinski definition) is 5. The molecule has 0 bridgehead atoms. The zero-order valence-corrected chi connectivity index (χ0v) is 17.7. The van der Waals surface area contributed by atoms with Crippen molar-refractivity contribution in [3.8, 4) is 0 Å². The SMILES string of the molecule is O=C(NCc1ccccc1)N1CCO[C@@H](CN2CCCN(C(=O)c3ccco3)CC2)C1. The van der Waals surface area contributed by atoms with Crippen LogP contribution in [-0.2, 0) is 11.3 Å². The number of carbonyl (C=O) groups excluding carboxylic acids is 2. The molecule has 166 valence electrons. The summed E-state index contributed by atoms with van der Waals surface area (Å²) in [4.78, 5) is 31.1. The highest BCUT2D eigenvalue weighted by Crippen LogP contribution is 2.13. The van der Waals surface area contributed by atoms with E-state index < -0.39 is 0 Å². The van der Waals surface area contributed by atoms with Crippen molar-refractivity contribution in [2.75, 3.05) is 52.4 Å². The molecule has 8 heteroatoms. The van der Waals surface area contributed by atoms with Gasteiger partial charge in [0, 0.05) is 45.8 Å². The number of benzene rings is 1. The summed E-state index contributed by atoms with van der Waals surface area (Å²) >= 11 is 0. The number of rotatable bonds is 5. The second-order valence-electron chi connectivity index (χ2n) is 8.01. The van der Waals surface area contributed by atoms with Crippen LogP contribution >= 0.6 is 0 Å². The molecule has 0 saturated carbocycles. The van der Waals surface area contributed by atoms with Crippen molar-refractivity contribution in [3.05, 3.63) is 60.1 Å². The predicted molar refractivity (Wildman–Crippen MR) is 116 cm³/mol. The van der Waals surface area contributed by atoms with Gasteiger partial charge in [-0.1, -0.05) is 30.3 Å². The Bertz CT molecular complexity index is 843. The molecule has 2 aliphatic rings. The lowest BCUT2D eigenvalue weighted by molar-refractivity contribution is -0.0299. The van der Waals surface area contributed by atoms with Crippen LogP contribution in [0.4, 0.5) is 4.79 Å². The van der Waals surface area contributed by atoms with Crippen molar-refractivity contribution >= 4 is 11.9 Å². The standard InChI is InChI=1S/C23H30N4O4/c28-22(21-8-4-14-31-21)26-10-5-9-25(11-12-26)17-20-18-27(13-15-30-20)23(29)24-16-19-6-2-1-3-7-19/h1-4,6-8,14,20H,5,9-13,15-18H2,(H,24,29)/t20-/m0/s1. The summed E-state index contributed by atoms with van der Waals surface area (Å²) < 4.78 is 11.2. The van der Waals surface area contributed by atoms with E-state index in [0.29, 0.717) is 38.5 Å². The molecule has 1 N–H and O–H groups in total. The molecule has 0 aliphatic carbocycles. The maximum absolute atomic E-state index is 12.6. The molecular formula is C23H30N4O4. The van der Waals surface area contributed by atoms with E-state index in [2.05, 4.69) is 10.2 Å². The minimum Gasteiger partial charge on any atom is -0.459 e. The van der Waals surface area contributed by atoms with Gasteiger partial charge in [0.25, 0.3) is 5.91 Å². The van der Waals surface area contributed by atoms with Crippen LogP contribution in [0.5, 0.6) is 0 Å². The number of morpholine rings is 1. The molecular weight excluding hydrogens is 396 g/mol. The number of hydrogen-bond donors (Lipinski definition) is 1. The molecule has 2 aliphatic heterocycles. The van der Waals surface area contributed by atoms with E-state index in [-0.39, 0.29) is 18.0 Å². The van der Waals surface area contributed by atoms with Gasteiger partial charge in [0.15, 0.2) is 5.76 Å². The van der Waals surface area contributed by atoms with E-state index in [9.17, 15) is 9.59 Å². The van der Waals surface area contributed by atoms with Crippen molar-refractivity contribution in [3.63, 3.8) is 0 Å². The Morgan fingerprint density at radius 1 is 0.968 bits per heavy atom. The molecule has 1 atom stereocenters. The first-order valence-electron chi connectivity index (χ1n) is 10.9. The monoisotopic (exact) mass is 426 g/mol. The number of ether oxygens (including phenoxy) is 1. The summed E-state index contributed by atoms with van der Waals surface area (Å²) in [6.45, 7) is 6.06. The summed E-state index contributed by atoms with van der Waals surface area (Å²) in [6.07, 6.45) is 2.41. The smallest absolute Gasteiger partial charge is 0.317 e. The third kappa shape index (κ3) is 5.86. The average molecular weight is 427 g/mol. The zero-order valence-electron chi connectivity index (χ0n) is 17.7. The van der Waals surface area contributed by atoms with E-state index in [1.165, 1.54) is 6.26 Å². The molecule has 1 aromatic carbocycles. The van der Waals surface area contributed by atoms with Gasteiger partial charge in [0.2, 0.25) is 0 Å². The lowest BCUT2D eigenvalue weighted by Crippen LogP contribution is -2.52. The second kappa shape index (κ2) is 10.5. The normalized spacial score (nSPS) is 20.3. The van der Waals surface area contributed by atoms with E-state index in [1.54, 1.807) is 12.1 Å². The Labute approximate surface area is 182 Å². The van der Waals surface area contributed by atoms with Crippen molar-refractivity contribution in [2.24, 2.45) is 0 Å². The molecule has 0 radical (unpaired) electrons. The van der Waals surface area contributed by atoms with E-state index >= 15 is 0 Å². The third-order valence-corrected chi connectivity index (χ3v) is 5.78. The van der Waals surface area contributed by atoms with Gasteiger partial charge in [-0.3, -0.25) is 9.69 Å². The largest absolute Gasteiger partial charge is 0.459 e. The molecule has 2 fully saturated rings. The fraction of sp³-hybridized carbons (Fsp3) is 0.478. The number of nitrogens with zero attached hydrogens (tertiary/aromatic N) is 3. The fourth-order valence-corrected chi connectivity index (χ4v) is 4.10. The summed E-state index contributed by atoms with van der Waals surface area (Å²) in [5.74, 6) is 0.336. The van der Waals surface area contributed by atoms with Crippen molar-refractivity contribution in [1.29, 1.82) is 0 Å². The van der Waals surface area contributed by atoms with E-state index in [1.807, 2.05) is 40.1 Å². The van der Waals surface area contributed by atoms with Gasteiger partial charge in [-0.05, 0) is 30.7 Å². The Balaban J connectivity index is 1.23. The average Bonchev–Trinajstić information content (AvgIpc) is 3.25. The highest BCUT2D eigenvalue weighted by molar-refractivity contribution is 5.91. The summed E-state index contributed by atoms with van der Waals surface area (Å²) in [6, 6.07) is 13.3. The Morgan fingerprint density at radius 2 is 1.84 bits per heavy atom. The molecule has 0 unspecified atom stereocenters. The van der Waals surface area contributed by atoms with Gasteiger partial charge in [-0.15, -0.1) is 0 Å². The maximum atomic E-state index is 12.6. The fourth-order valence-electron chi connectivity index (χ4n) is 4.10. The van der Waals surface area contributed by atoms with Gasteiger partial charge in [-0.2, -0.15) is 0 Å². The van der Waals surface area contributed by atoms with Crippen molar-refractivity contribution < 1.29 is 18.7 Å². The first-order valence-corrected chi connectivity index (χ1v) is 10.9. The zero-order chi connectivity index (χ0) is 21.5. The topological polar surface area (TPSA) is 78.3 Å². The van der Waals surface area contributed by atoms with Crippen LogP contribution in [0.25, 0.3) is 0 Å². The quantitative estimate of drug-likeness (QED) is 0.792. The summed E-state index contributed by atoms with van der Waals surface area (Å²) in [5.41, 5.74) is 1.08. The van der Waals surface area contributed by atoms with Gasteiger partial charge < -0.3 is 24.3 Å². The minimum absolute atomic E-state index is 0.0245. The van der Waals surface area contributed by atoms with Crippen LogP contribution < -0.4 is 5.32 Å². The van der Waals surface area contributed by atoms with Crippen molar-refractivity contribution in [1.82, 2.24) is 20.0 Å². The molecule has 8 nitrogen and oxygen atoms in total. The Morgan fingerprint density at radius 3 is 2.65 bits per heavy atom. The maximum Gasteiger partial charge on any atom is 0.317 e. The molecule has 3 amide bonds. The van der Waals surface area contributed by atoms with Gasteiger partial charge in [-0.25, -0.2) is 4.79 Å². The van der Waals surface area contributed by atoms with Gasteiger partial charge >= 0.3 is 6.03 Å². The number of furan rings is 1. The predicted octanol–water partition coefficient (Wildman–Crippen LogP) is 2.04. The van der Waals surface area contributed by atoms with Crippen LogP contribution in [0.2, 0.25) is 0 Å². The number of amides is 3. The third-order valence-electron chi connectivity index (χ3n) is 5.78. The van der Waals surface area contributed by atoms with Crippen molar-refractivity contribution in [2.45, 2.75) is 19.1 Å². The van der Waals surface area contributed by atoms with Gasteiger partial charge in [0.05, 0.1) is 19.0 Å². The van der Waals surface area contributed by atoms with Crippen LogP contribution in [0.3, 0.4) is 0 Å². The Kier molecular flexibility index (Phi) is 7.22. The van der Waals surface area contributed by atoms with Crippen LogP contribution in [0.15, 0.2) is 53.1 Å². The molecule has 2 saturated heterocycles. The molecule has 31 heavy (non-hydrogen) atoms. The summed E-state index contributed by atoms with van der Waals surface area (Å²) in [7, 11) is 0. The van der Waals surface area contributed by atoms with Gasteiger partial charge in [0.1, 0.15) is 0 Å². The van der Waals surface area contributed by atoms with Crippen LogP contribution in [-0.4, -0.2) is 85.2 Å². The summed E-state index contributed by atoms with van der Waals surface area (Å²) in [5, 5.41) is 3.00. The second-order valence-corrected chi connectivity index (χ2v) is 8.01. The molecule has 1 aromatic heterocycles. The lowest BCUT2D eigenvalue weighted by Gasteiger charge is -2.35. The van der Waals surface area contributed by atoms with E-state index in [0.717, 1.165) is 38.2 Å².